The predicted molar refractivity (Wildman–Crippen MR) is 101 cm³/mol. The molecular formula is C22H26N2O. The van der Waals surface area contributed by atoms with Crippen LogP contribution in [0.5, 0.6) is 0 Å². The maximum atomic E-state index is 11.7. The van der Waals surface area contributed by atoms with E-state index in [1.54, 1.807) is 0 Å². The molecule has 0 radical (unpaired) electrons. The SMILES string of the molecule is CN(Cc1ccccc1-c1ccccc1)[C@H]1C[C@H]2CNC(=O)C[C@H]2C1. The highest BCUT2D eigenvalue weighted by Gasteiger charge is 2.39. The third-order valence-corrected chi connectivity index (χ3v) is 5.97. The molecule has 1 saturated carbocycles. The number of piperidine rings is 1. The van der Waals surface area contributed by atoms with Gasteiger partial charge in [-0.05, 0) is 48.4 Å². The molecule has 0 unspecified atom stereocenters. The summed E-state index contributed by atoms with van der Waals surface area (Å²) in [6.07, 6.45) is 3.08. The average Bonchev–Trinajstić information content (AvgIpc) is 3.06. The Morgan fingerprint density at radius 1 is 1.00 bits per heavy atom. The van der Waals surface area contributed by atoms with Gasteiger partial charge in [0.25, 0.3) is 0 Å². The van der Waals surface area contributed by atoms with Crippen LogP contribution in [0.3, 0.4) is 0 Å². The van der Waals surface area contributed by atoms with Gasteiger partial charge in [0.15, 0.2) is 0 Å². The van der Waals surface area contributed by atoms with E-state index >= 15 is 0 Å². The van der Waals surface area contributed by atoms with Gasteiger partial charge in [-0.2, -0.15) is 0 Å². The minimum atomic E-state index is 0.235. The molecule has 0 aromatic heterocycles. The van der Waals surface area contributed by atoms with Gasteiger partial charge in [0, 0.05) is 25.6 Å². The normalized spacial score (nSPS) is 25.7. The summed E-state index contributed by atoms with van der Waals surface area (Å²) in [4.78, 5) is 14.1. The molecule has 0 spiro atoms. The zero-order valence-electron chi connectivity index (χ0n) is 14.8. The van der Waals surface area contributed by atoms with Crippen molar-refractivity contribution in [3.8, 4) is 11.1 Å². The number of hydrogen-bond donors (Lipinski definition) is 1. The van der Waals surface area contributed by atoms with Crippen molar-refractivity contribution < 1.29 is 4.79 Å². The molecule has 2 aliphatic rings. The molecule has 2 aromatic carbocycles. The van der Waals surface area contributed by atoms with E-state index in [-0.39, 0.29) is 5.91 Å². The van der Waals surface area contributed by atoms with Crippen LogP contribution in [-0.4, -0.2) is 30.4 Å². The lowest BCUT2D eigenvalue weighted by molar-refractivity contribution is -0.124. The molecule has 1 aliphatic heterocycles. The van der Waals surface area contributed by atoms with Gasteiger partial charge in [0.05, 0.1) is 0 Å². The molecule has 3 nitrogen and oxygen atoms in total. The molecule has 2 fully saturated rings. The third-order valence-electron chi connectivity index (χ3n) is 5.97. The molecule has 1 heterocycles. The van der Waals surface area contributed by atoms with Gasteiger partial charge in [-0.25, -0.2) is 0 Å². The summed E-state index contributed by atoms with van der Waals surface area (Å²) < 4.78 is 0. The summed E-state index contributed by atoms with van der Waals surface area (Å²) in [5.41, 5.74) is 3.98. The van der Waals surface area contributed by atoms with Crippen molar-refractivity contribution in [2.75, 3.05) is 13.6 Å². The Balaban J connectivity index is 1.49. The standard InChI is InChI=1S/C22H26N2O/c1-24(20-11-18-13-22(25)23-14-19(18)12-20)15-17-9-5-6-10-21(17)16-7-3-2-4-8-16/h2-10,18-20H,11-15H2,1H3,(H,23,25)/t18-,19+,20-/m1/s1. The van der Waals surface area contributed by atoms with E-state index in [9.17, 15) is 4.79 Å². The second-order valence-corrected chi connectivity index (χ2v) is 7.59. The molecular weight excluding hydrogens is 308 g/mol. The Morgan fingerprint density at radius 3 is 2.56 bits per heavy atom. The molecule has 0 bridgehead atoms. The van der Waals surface area contributed by atoms with Crippen LogP contribution in [0.1, 0.15) is 24.8 Å². The lowest BCUT2D eigenvalue weighted by atomic mass is 9.89. The number of hydrogen-bond acceptors (Lipinski definition) is 2. The fraction of sp³-hybridized carbons (Fsp3) is 0.409. The van der Waals surface area contributed by atoms with E-state index < -0.39 is 0 Å². The van der Waals surface area contributed by atoms with Crippen LogP contribution in [0, 0.1) is 11.8 Å². The Morgan fingerprint density at radius 2 is 1.72 bits per heavy atom. The number of fused-ring (bicyclic) bond motifs is 1. The number of carbonyl (C=O) groups is 1. The van der Waals surface area contributed by atoms with E-state index in [0.29, 0.717) is 17.9 Å². The number of amides is 1. The van der Waals surface area contributed by atoms with Crippen molar-refractivity contribution in [2.45, 2.75) is 31.8 Å². The van der Waals surface area contributed by atoms with Crippen LogP contribution >= 0.6 is 0 Å². The van der Waals surface area contributed by atoms with Crippen molar-refractivity contribution in [1.82, 2.24) is 10.2 Å². The van der Waals surface area contributed by atoms with Gasteiger partial charge in [-0.15, -0.1) is 0 Å². The fourth-order valence-electron chi connectivity index (χ4n) is 4.55. The average molecular weight is 334 g/mol. The Kier molecular flexibility index (Phi) is 4.58. The lowest BCUT2D eigenvalue weighted by Crippen LogP contribution is -2.38. The lowest BCUT2D eigenvalue weighted by Gasteiger charge is -2.25. The quantitative estimate of drug-likeness (QED) is 0.925. The summed E-state index contributed by atoms with van der Waals surface area (Å²) in [6.45, 7) is 1.82. The summed E-state index contributed by atoms with van der Waals surface area (Å²) in [5, 5.41) is 3.04. The summed E-state index contributed by atoms with van der Waals surface area (Å²) >= 11 is 0. The zero-order valence-corrected chi connectivity index (χ0v) is 14.8. The first-order valence-electron chi connectivity index (χ1n) is 9.31. The van der Waals surface area contributed by atoms with E-state index in [0.717, 1.165) is 25.9 Å². The van der Waals surface area contributed by atoms with Gasteiger partial charge >= 0.3 is 0 Å². The molecule has 25 heavy (non-hydrogen) atoms. The number of benzene rings is 2. The molecule has 130 valence electrons. The zero-order chi connectivity index (χ0) is 17.2. The molecule has 1 aliphatic carbocycles. The van der Waals surface area contributed by atoms with Crippen LogP contribution in [0.25, 0.3) is 11.1 Å². The smallest absolute Gasteiger partial charge is 0.220 e. The highest BCUT2D eigenvalue weighted by molar-refractivity contribution is 5.77. The first kappa shape index (κ1) is 16.3. The summed E-state index contributed by atoms with van der Waals surface area (Å²) in [7, 11) is 2.24. The summed E-state index contributed by atoms with van der Waals surface area (Å²) in [6, 6.07) is 19.9. The minimum Gasteiger partial charge on any atom is -0.356 e. The van der Waals surface area contributed by atoms with Gasteiger partial charge in [-0.1, -0.05) is 54.6 Å². The van der Waals surface area contributed by atoms with Crippen LogP contribution in [-0.2, 0) is 11.3 Å². The maximum absolute atomic E-state index is 11.7. The van der Waals surface area contributed by atoms with E-state index in [1.807, 2.05) is 0 Å². The number of carbonyl (C=O) groups excluding carboxylic acids is 1. The molecule has 1 N–H and O–H groups in total. The maximum Gasteiger partial charge on any atom is 0.220 e. The Bertz CT molecular complexity index is 743. The van der Waals surface area contributed by atoms with Crippen molar-refractivity contribution in [1.29, 1.82) is 0 Å². The van der Waals surface area contributed by atoms with Gasteiger partial charge < -0.3 is 5.32 Å². The first-order chi connectivity index (χ1) is 12.2. The highest BCUT2D eigenvalue weighted by atomic mass is 16.1. The van der Waals surface area contributed by atoms with Gasteiger partial charge in [0.1, 0.15) is 0 Å². The van der Waals surface area contributed by atoms with E-state index in [4.69, 9.17) is 0 Å². The van der Waals surface area contributed by atoms with Crippen molar-refractivity contribution >= 4 is 5.91 Å². The molecule has 4 rings (SSSR count). The minimum absolute atomic E-state index is 0.235. The Hall–Kier alpha value is -2.13. The number of nitrogens with one attached hydrogen (secondary N) is 1. The van der Waals surface area contributed by atoms with Crippen molar-refractivity contribution in [3.63, 3.8) is 0 Å². The second-order valence-electron chi connectivity index (χ2n) is 7.59. The molecule has 3 heteroatoms. The first-order valence-corrected chi connectivity index (χ1v) is 9.31. The summed E-state index contributed by atoms with van der Waals surface area (Å²) in [5.74, 6) is 1.47. The molecule has 1 saturated heterocycles. The molecule has 1 amide bonds. The monoisotopic (exact) mass is 334 g/mol. The number of nitrogens with zero attached hydrogens (tertiary/aromatic N) is 1. The van der Waals surface area contributed by atoms with Crippen molar-refractivity contribution in [2.24, 2.45) is 11.8 Å². The second kappa shape index (κ2) is 7.01. The highest BCUT2D eigenvalue weighted by Crippen LogP contribution is 2.38. The Labute approximate surface area is 150 Å². The largest absolute Gasteiger partial charge is 0.356 e. The van der Waals surface area contributed by atoms with Gasteiger partial charge in [-0.3, -0.25) is 9.69 Å². The molecule has 3 atom stereocenters. The van der Waals surface area contributed by atoms with Crippen LogP contribution < -0.4 is 5.32 Å². The topological polar surface area (TPSA) is 32.3 Å². The van der Waals surface area contributed by atoms with Crippen LogP contribution in [0.15, 0.2) is 54.6 Å². The third kappa shape index (κ3) is 3.47. The number of rotatable bonds is 4. The predicted octanol–water partition coefficient (Wildman–Crippen LogP) is 3.70. The van der Waals surface area contributed by atoms with E-state index in [1.165, 1.54) is 23.1 Å². The fourth-order valence-corrected chi connectivity index (χ4v) is 4.55. The van der Waals surface area contributed by atoms with Gasteiger partial charge in [0.2, 0.25) is 5.91 Å². The van der Waals surface area contributed by atoms with Crippen molar-refractivity contribution in [3.05, 3.63) is 60.2 Å². The van der Waals surface area contributed by atoms with Crippen LogP contribution in [0.4, 0.5) is 0 Å². The molecule has 2 aromatic rings. The van der Waals surface area contributed by atoms with E-state index in [2.05, 4.69) is 71.9 Å². The van der Waals surface area contributed by atoms with Crippen LogP contribution in [0.2, 0.25) is 0 Å².